The molecular weight excluding hydrogens is 342 g/mol. The largest absolute Gasteiger partial charge is 0.340 e. The fraction of sp³-hybridized carbons (Fsp3) is 0.211. The van der Waals surface area contributed by atoms with E-state index in [1.807, 2.05) is 6.92 Å². The lowest BCUT2D eigenvalue weighted by atomic mass is 9.95. The Morgan fingerprint density at radius 3 is 2.12 bits per heavy atom. The molecule has 6 heteroatoms. The van der Waals surface area contributed by atoms with Crippen LogP contribution >= 0.6 is 11.6 Å². The third-order valence-electron chi connectivity index (χ3n) is 4.07. The van der Waals surface area contributed by atoms with E-state index < -0.39 is 23.7 Å². The molecule has 128 valence electrons. The van der Waals surface area contributed by atoms with Gasteiger partial charge in [-0.25, -0.2) is 4.79 Å². The highest BCUT2D eigenvalue weighted by Crippen LogP contribution is 2.28. The summed E-state index contributed by atoms with van der Waals surface area (Å²) in [6.45, 7) is 1.94. The maximum atomic E-state index is 12.6. The minimum atomic E-state index is -0.640. The summed E-state index contributed by atoms with van der Waals surface area (Å²) in [4.78, 5) is 42.4. The fourth-order valence-corrected chi connectivity index (χ4v) is 2.93. The zero-order chi connectivity index (χ0) is 18.0. The average molecular weight is 358 g/mol. The maximum Gasteiger partial charge on any atom is 0.340 e. The van der Waals surface area contributed by atoms with Crippen molar-refractivity contribution >= 4 is 29.4 Å². The number of nitrogens with zero attached hydrogens (tertiary/aromatic N) is 1. The Morgan fingerprint density at radius 2 is 1.60 bits per heavy atom. The predicted octanol–water partition coefficient (Wildman–Crippen LogP) is 3.98. The first-order valence-corrected chi connectivity index (χ1v) is 8.35. The van der Waals surface area contributed by atoms with Gasteiger partial charge in [0.1, 0.15) is 0 Å². The molecular formula is C19H16ClNO4. The van der Waals surface area contributed by atoms with Gasteiger partial charge in [-0.3, -0.25) is 9.59 Å². The van der Waals surface area contributed by atoms with Crippen molar-refractivity contribution in [2.24, 2.45) is 0 Å². The molecule has 0 aliphatic carbocycles. The highest BCUT2D eigenvalue weighted by Gasteiger charge is 2.39. The first kappa shape index (κ1) is 17.2. The number of hydrogen-bond donors (Lipinski definition) is 0. The molecule has 0 fully saturated rings. The van der Waals surface area contributed by atoms with E-state index in [1.165, 1.54) is 12.1 Å². The van der Waals surface area contributed by atoms with Crippen LogP contribution in [0.25, 0.3) is 0 Å². The average Bonchev–Trinajstić information content (AvgIpc) is 2.86. The van der Waals surface area contributed by atoms with Gasteiger partial charge in [-0.1, -0.05) is 54.3 Å². The van der Waals surface area contributed by atoms with Gasteiger partial charge in [-0.15, -0.1) is 0 Å². The first-order valence-electron chi connectivity index (χ1n) is 7.98. The van der Waals surface area contributed by atoms with E-state index in [0.29, 0.717) is 16.5 Å². The molecule has 1 heterocycles. The van der Waals surface area contributed by atoms with Gasteiger partial charge in [-0.2, -0.15) is 0 Å². The summed E-state index contributed by atoms with van der Waals surface area (Å²) in [6, 6.07) is 13.2. The van der Waals surface area contributed by atoms with Crippen molar-refractivity contribution in [1.82, 2.24) is 5.06 Å². The van der Waals surface area contributed by atoms with E-state index in [2.05, 4.69) is 0 Å². The Bertz CT molecular complexity index is 797. The van der Waals surface area contributed by atoms with Gasteiger partial charge in [-0.05, 0) is 36.2 Å². The maximum absolute atomic E-state index is 12.6. The van der Waals surface area contributed by atoms with Crippen molar-refractivity contribution in [2.75, 3.05) is 0 Å². The van der Waals surface area contributed by atoms with E-state index >= 15 is 0 Å². The third-order valence-corrected chi connectivity index (χ3v) is 4.32. The molecule has 0 bridgehead atoms. The van der Waals surface area contributed by atoms with Gasteiger partial charge in [0.05, 0.1) is 17.0 Å². The fourth-order valence-electron chi connectivity index (χ4n) is 2.81. The summed E-state index contributed by atoms with van der Waals surface area (Å²) in [6.07, 6.45) is 1.27. The molecule has 0 N–H and O–H groups in total. The van der Waals surface area contributed by atoms with Crippen molar-refractivity contribution in [3.8, 4) is 0 Å². The van der Waals surface area contributed by atoms with Crippen molar-refractivity contribution in [2.45, 2.75) is 25.7 Å². The topological polar surface area (TPSA) is 63.7 Å². The molecule has 1 aliphatic rings. The number of benzene rings is 2. The molecule has 0 saturated heterocycles. The third kappa shape index (κ3) is 3.28. The summed E-state index contributed by atoms with van der Waals surface area (Å²) >= 11 is 5.89. The van der Waals surface area contributed by atoms with E-state index in [4.69, 9.17) is 16.4 Å². The van der Waals surface area contributed by atoms with Gasteiger partial charge < -0.3 is 4.84 Å². The Kier molecular flexibility index (Phi) is 4.86. The van der Waals surface area contributed by atoms with Crippen molar-refractivity contribution in [3.63, 3.8) is 0 Å². The van der Waals surface area contributed by atoms with E-state index in [-0.39, 0.29) is 11.1 Å². The second-order valence-corrected chi connectivity index (χ2v) is 6.19. The number of hydroxylamine groups is 2. The van der Waals surface area contributed by atoms with Gasteiger partial charge in [0.15, 0.2) is 0 Å². The van der Waals surface area contributed by atoms with Crippen LogP contribution in [0.2, 0.25) is 5.02 Å². The van der Waals surface area contributed by atoms with Crippen LogP contribution in [0, 0.1) is 0 Å². The Labute approximate surface area is 150 Å². The summed E-state index contributed by atoms with van der Waals surface area (Å²) in [5.41, 5.74) is 1.20. The number of carbonyl (C=O) groups excluding carboxylic acids is 3. The van der Waals surface area contributed by atoms with Crippen molar-refractivity contribution in [1.29, 1.82) is 0 Å². The number of halogens is 1. The van der Waals surface area contributed by atoms with Gasteiger partial charge in [0.2, 0.25) is 0 Å². The normalized spacial score (nSPS) is 14.4. The summed E-state index contributed by atoms with van der Waals surface area (Å²) in [7, 11) is 0. The Hall–Kier alpha value is -2.66. The highest BCUT2D eigenvalue weighted by molar-refractivity contribution is 6.30. The number of amides is 2. The highest BCUT2D eigenvalue weighted by atomic mass is 35.5. The van der Waals surface area contributed by atoms with E-state index in [0.717, 1.165) is 12.0 Å². The number of fused-ring (bicyclic) bond motifs is 1. The standard InChI is InChI=1S/C19H16ClNO4/c1-2-5-14(12-8-10-13(20)11-9-12)19(24)25-21-17(22)15-6-3-4-7-16(15)18(21)23/h3-4,6-11,14H,2,5H2,1H3. The van der Waals surface area contributed by atoms with E-state index in [1.54, 1.807) is 36.4 Å². The minimum absolute atomic E-state index is 0.235. The first-order chi connectivity index (χ1) is 12.0. The summed E-state index contributed by atoms with van der Waals surface area (Å²) in [5.74, 6) is -2.47. The zero-order valence-electron chi connectivity index (χ0n) is 13.6. The number of imide groups is 1. The second-order valence-electron chi connectivity index (χ2n) is 5.75. The molecule has 1 atom stereocenters. The molecule has 2 aromatic rings. The molecule has 1 unspecified atom stereocenters. The monoisotopic (exact) mass is 357 g/mol. The quantitative estimate of drug-likeness (QED) is 0.759. The molecule has 0 spiro atoms. The molecule has 2 aromatic carbocycles. The van der Waals surface area contributed by atoms with Gasteiger partial charge in [0.25, 0.3) is 11.8 Å². The number of carbonyl (C=O) groups is 3. The lowest BCUT2D eigenvalue weighted by Crippen LogP contribution is -2.34. The molecule has 1 aliphatic heterocycles. The Morgan fingerprint density at radius 1 is 1.04 bits per heavy atom. The molecule has 0 saturated carbocycles. The van der Waals surface area contributed by atoms with Crippen LogP contribution < -0.4 is 0 Å². The molecule has 25 heavy (non-hydrogen) atoms. The van der Waals surface area contributed by atoms with Crippen molar-refractivity contribution in [3.05, 3.63) is 70.2 Å². The lowest BCUT2D eigenvalue weighted by molar-refractivity contribution is -0.170. The summed E-state index contributed by atoms with van der Waals surface area (Å²) < 4.78 is 0. The van der Waals surface area contributed by atoms with Crippen LogP contribution in [0.15, 0.2) is 48.5 Å². The molecule has 0 aromatic heterocycles. The summed E-state index contributed by atoms with van der Waals surface area (Å²) in [5, 5.41) is 1.11. The second kappa shape index (κ2) is 7.07. The van der Waals surface area contributed by atoms with Crippen LogP contribution in [-0.4, -0.2) is 22.8 Å². The number of rotatable bonds is 5. The zero-order valence-corrected chi connectivity index (χ0v) is 14.3. The minimum Gasteiger partial charge on any atom is -0.329 e. The molecule has 5 nitrogen and oxygen atoms in total. The molecule has 0 radical (unpaired) electrons. The van der Waals surface area contributed by atoms with Crippen molar-refractivity contribution < 1.29 is 19.2 Å². The SMILES string of the molecule is CCCC(C(=O)ON1C(=O)c2ccccc2C1=O)c1ccc(Cl)cc1. The van der Waals surface area contributed by atoms with Crippen LogP contribution in [0.4, 0.5) is 0 Å². The number of hydrogen-bond acceptors (Lipinski definition) is 4. The predicted molar refractivity (Wildman–Crippen MR) is 92.1 cm³/mol. The van der Waals surface area contributed by atoms with Crippen LogP contribution in [0.1, 0.15) is 52.0 Å². The van der Waals surface area contributed by atoms with E-state index in [9.17, 15) is 14.4 Å². The molecule has 2 amide bonds. The Balaban J connectivity index is 1.82. The van der Waals surface area contributed by atoms with Crippen LogP contribution in [0.3, 0.4) is 0 Å². The smallest absolute Gasteiger partial charge is 0.329 e. The van der Waals surface area contributed by atoms with Gasteiger partial charge >= 0.3 is 5.97 Å². The van der Waals surface area contributed by atoms with Crippen LogP contribution in [-0.2, 0) is 9.63 Å². The lowest BCUT2D eigenvalue weighted by Gasteiger charge is -2.19. The van der Waals surface area contributed by atoms with Gasteiger partial charge in [0, 0.05) is 5.02 Å². The molecule has 3 rings (SSSR count). The van der Waals surface area contributed by atoms with Crippen LogP contribution in [0.5, 0.6) is 0 Å².